The van der Waals surface area contributed by atoms with Crippen molar-refractivity contribution in [1.82, 2.24) is 10.3 Å². The first-order valence-corrected chi connectivity index (χ1v) is 7.00. The molecule has 0 saturated heterocycles. The van der Waals surface area contributed by atoms with Gasteiger partial charge in [-0.1, -0.05) is 13.8 Å². The van der Waals surface area contributed by atoms with Gasteiger partial charge in [0.2, 0.25) is 0 Å². The van der Waals surface area contributed by atoms with Gasteiger partial charge >= 0.3 is 0 Å². The first kappa shape index (κ1) is 14.6. The zero-order valence-electron chi connectivity index (χ0n) is 11.5. The number of aryl methyl sites for hydroxylation is 2. The molecule has 0 saturated carbocycles. The third kappa shape index (κ3) is 5.15. The highest BCUT2D eigenvalue weighted by molar-refractivity contribution is 7.11. The Morgan fingerprint density at radius 2 is 2.06 bits per heavy atom. The molecule has 0 aliphatic heterocycles. The second-order valence-corrected chi connectivity index (χ2v) is 6.57. The minimum absolute atomic E-state index is 0.468. The molecule has 3 nitrogen and oxygen atoms in total. The lowest BCUT2D eigenvalue weighted by atomic mass is 9.98. The van der Waals surface area contributed by atoms with Crippen LogP contribution < -0.4 is 5.32 Å². The van der Waals surface area contributed by atoms with E-state index in [9.17, 15) is 5.11 Å². The average Bonchev–Trinajstić information content (AvgIpc) is 2.43. The summed E-state index contributed by atoms with van der Waals surface area (Å²) < 4.78 is 0. The van der Waals surface area contributed by atoms with E-state index in [2.05, 4.69) is 31.1 Å². The highest BCUT2D eigenvalue weighted by Crippen LogP contribution is 2.22. The van der Waals surface area contributed by atoms with Gasteiger partial charge in [-0.05, 0) is 33.7 Å². The third-order valence-corrected chi connectivity index (χ3v) is 3.89. The summed E-state index contributed by atoms with van der Waals surface area (Å²) in [7, 11) is 0. The highest BCUT2D eigenvalue weighted by atomic mass is 32.1. The van der Waals surface area contributed by atoms with Gasteiger partial charge in [0.1, 0.15) is 0 Å². The Balaban J connectivity index is 2.48. The lowest BCUT2D eigenvalue weighted by molar-refractivity contribution is 0.0510. The molecule has 1 unspecified atom stereocenters. The molecular formula is C13H24N2OS. The van der Waals surface area contributed by atoms with Crippen molar-refractivity contribution in [3.05, 3.63) is 15.6 Å². The second-order valence-electron chi connectivity index (χ2n) is 5.28. The molecule has 0 radical (unpaired) electrons. The Kier molecular flexibility index (Phi) is 5.10. The van der Waals surface area contributed by atoms with Crippen LogP contribution in [0.15, 0.2) is 0 Å². The van der Waals surface area contributed by atoms with E-state index in [-0.39, 0.29) is 0 Å². The van der Waals surface area contributed by atoms with Crippen LogP contribution in [0.3, 0.4) is 0 Å². The number of aliphatic hydroxyl groups is 1. The summed E-state index contributed by atoms with van der Waals surface area (Å²) in [6, 6.07) is 0.468. The monoisotopic (exact) mass is 256 g/mol. The number of aromatic nitrogens is 1. The van der Waals surface area contributed by atoms with Crippen molar-refractivity contribution in [2.45, 2.75) is 59.1 Å². The SMILES string of the molecule is Cc1nc(CC(C)(O)CCNC(C)C)sc1C. The topological polar surface area (TPSA) is 45.2 Å². The second kappa shape index (κ2) is 5.94. The number of nitrogens with one attached hydrogen (secondary N) is 1. The first-order valence-electron chi connectivity index (χ1n) is 6.19. The number of thiazole rings is 1. The van der Waals surface area contributed by atoms with E-state index in [1.807, 2.05) is 13.8 Å². The fraction of sp³-hybridized carbons (Fsp3) is 0.769. The number of hydrogen-bond donors (Lipinski definition) is 2. The average molecular weight is 256 g/mol. The molecule has 0 aliphatic rings. The van der Waals surface area contributed by atoms with Crippen molar-refractivity contribution in [2.75, 3.05) is 6.54 Å². The molecule has 4 heteroatoms. The summed E-state index contributed by atoms with van der Waals surface area (Å²) in [4.78, 5) is 5.72. The molecular weight excluding hydrogens is 232 g/mol. The van der Waals surface area contributed by atoms with Gasteiger partial charge in [0.25, 0.3) is 0 Å². The Hall–Kier alpha value is -0.450. The maximum absolute atomic E-state index is 10.3. The Bertz CT molecular complexity index is 339. The Labute approximate surface area is 108 Å². The summed E-state index contributed by atoms with van der Waals surface area (Å²) in [5.41, 5.74) is 0.416. The van der Waals surface area contributed by atoms with Gasteiger partial charge in [-0.25, -0.2) is 4.98 Å². The summed E-state index contributed by atoms with van der Waals surface area (Å²) in [5, 5.41) is 14.7. The van der Waals surface area contributed by atoms with Crippen LogP contribution >= 0.6 is 11.3 Å². The van der Waals surface area contributed by atoms with Crippen LogP contribution in [0.1, 0.15) is 42.8 Å². The standard InChI is InChI=1S/C13H24N2OS/c1-9(2)14-7-6-13(5,16)8-12-15-10(3)11(4)17-12/h9,14,16H,6-8H2,1-5H3. The smallest absolute Gasteiger partial charge is 0.0959 e. The molecule has 1 atom stereocenters. The van der Waals surface area contributed by atoms with E-state index < -0.39 is 5.60 Å². The van der Waals surface area contributed by atoms with E-state index in [4.69, 9.17) is 0 Å². The van der Waals surface area contributed by atoms with Crippen LogP contribution in [0.2, 0.25) is 0 Å². The fourth-order valence-corrected chi connectivity index (χ4v) is 2.77. The lowest BCUT2D eigenvalue weighted by Gasteiger charge is -2.22. The summed E-state index contributed by atoms with van der Waals surface area (Å²) in [6.45, 7) is 11.1. The van der Waals surface area contributed by atoms with Crippen molar-refractivity contribution in [3.8, 4) is 0 Å². The van der Waals surface area contributed by atoms with E-state index in [0.717, 1.165) is 23.7 Å². The van der Waals surface area contributed by atoms with Gasteiger partial charge in [-0.15, -0.1) is 11.3 Å². The van der Waals surface area contributed by atoms with E-state index in [1.54, 1.807) is 11.3 Å². The van der Waals surface area contributed by atoms with Crippen LogP contribution in [-0.2, 0) is 6.42 Å². The largest absolute Gasteiger partial charge is 0.390 e. The summed E-state index contributed by atoms with van der Waals surface area (Å²) in [5.74, 6) is 0. The number of nitrogens with zero attached hydrogens (tertiary/aromatic N) is 1. The predicted molar refractivity (Wildman–Crippen MR) is 73.7 cm³/mol. The summed E-state index contributed by atoms with van der Waals surface area (Å²) >= 11 is 1.69. The van der Waals surface area contributed by atoms with E-state index >= 15 is 0 Å². The zero-order chi connectivity index (χ0) is 13.1. The van der Waals surface area contributed by atoms with Crippen LogP contribution in [0, 0.1) is 13.8 Å². The van der Waals surface area contributed by atoms with Gasteiger partial charge in [0.05, 0.1) is 16.3 Å². The van der Waals surface area contributed by atoms with Crippen molar-refractivity contribution in [1.29, 1.82) is 0 Å². The molecule has 0 spiro atoms. The first-order chi connectivity index (χ1) is 7.80. The normalized spacial score (nSPS) is 15.2. The van der Waals surface area contributed by atoms with Crippen LogP contribution in [0.4, 0.5) is 0 Å². The molecule has 1 aromatic rings. The summed E-state index contributed by atoms with van der Waals surface area (Å²) in [6.07, 6.45) is 1.40. The molecule has 2 N–H and O–H groups in total. The molecule has 1 rings (SSSR count). The predicted octanol–water partition coefficient (Wildman–Crippen LogP) is 2.44. The van der Waals surface area contributed by atoms with Crippen molar-refractivity contribution >= 4 is 11.3 Å². The van der Waals surface area contributed by atoms with E-state index in [0.29, 0.717) is 12.5 Å². The molecule has 0 bridgehead atoms. The molecule has 98 valence electrons. The lowest BCUT2D eigenvalue weighted by Crippen LogP contribution is -2.34. The highest BCUT2D eigenvalue weighted by Gasteiger charge is 2.22. The molecule has 1 heterocycles. The van der Waals surface area contributed by atoms with Gasteiger partial charge in [-0.3, -0.25) is 0 Å². The maximum Gasteiger partial charge on any atom is 0.0959 e. The van der Waals surface area contributed by atoms with Crippen LogP contribution in [0.25, 0.3) is 0 Å². The molecule has 0 fully saturated rings. The number of hydrogen-bond acceptors (Lipinski definition) is 4. The van der Waals surface area contributed by atoms with Crippen LogP contribution in [0.5, 0.6) is 0 Å². The Morgan fingerprint density at radius 1 is 1.41 bits per heavy atom. The minimum Gasteiger partial charge on any atom is -0.390 e. The van der Waals surface area contributed by atoms with Gasteiger partial charge < -0.3 is 10.4 Å². The minimum atomic E-state index is -0.668. The molecule has 17 heavy (non-hydrogen) atoms. The quantitative estimate of drug-likeness (QED) is 0.822. The van der Waals surface area contributed by atoms with Crippen molar-refractivity contribution in [2.24, 2.45) is 0 Å². The maximum atomic E-state index is 10.3. The van der Waals surface area contributed by atoms with Gasteiger partial charge in [0.15, 0.2) is 0 Å². The molecule has 1 aromatic heterocycles. The van der Waals surface area contributed by atoms with Crippen molar-refractivity contribution < 1.29 is 5.11 Å². The third-order valence-electron chi connectivity index (χ3n) is 2.82. The fourth-order valence-electron chi connectivity index (χ4n) is 1.66. The van der Waals surface area contributed by atoms with Crippen LogP contribution in [-0.4, -0.2) is 28.3 Å². The van der Waals surface area contributed by atoms with Gasteiger partial charge in [-0.2, -0.15) is 0 Å². The zero-order valence-corrected chi connectivity index (χ0v) is 12.3. The molecule has 0 amide bonds. The molecule has 0 aliphatic carbocycles. The Morgan fingerprint density at radius 3 is 2.53 bits per heavy atom. The van der Waals surface area contributed by atoms with E-state index in [1.165, 1.54) is 4.88 Å². The number of rotatable bonds is 6. The van der Waals surface area contributed by atoms with Gasteiger partial charge in [0, 0.05) is 17.3 Å². The van der Waals surface area contributed by atoms with Crippen molar-refractivity contribution in [3.63, 3.8) is 0 Å². The molecule has 0 aromatic carbocycles.